The quantitative estimate of drug-likeness (QED) is 0.855. The van der Waals surface area contributed by atoms with Crippen molar-refractivity contribution >= 4 is 16.9 Å². The standard InChI is InChI=1S/C17H22N4O/c1-11-9-14(11)17(22)21-8-4-5-12(10-21)15-13-6-3-7-18-16(13)20(2)19-15/h3,6-7,11-12,14H,4-5,8-10H2,1-2H3/t11-,12-,14+/m1/s1. The lowest BCUT2D eigenvalue weighted by atomic mass is 9.93. The van der Waals surface area contributed by atoms with Gasteiger partial charge in [0.05, 0.1) is 5.69 Å². The van der Waals surface area contributed by atoms with Gasteiger partial charge in [0.2, 0.25) is 5.91 Å². The van der Waals surface area contributed by atoms with Gasteiger partial charge in [-0.2, -0.15) is 5.10 Å². The Kier molecular flexibility index (Phi) is 3.17. The average Bonchev–Trinajstić information content (AvgIpc) is 3.19. The molecule has 0 spiro atoms. The summed E-state index contributed by atoms with van der Waals surface area (Å²) >= 11 is 0. The molecule has 1 aliphatic carbocycles. The van der Waals surface area contributed by atoms with E-state index in [1.807, 2.05) is 17.8 Å². The van der Waals surface area contributed by atoms with Crippen LogP contribution in [0.15, 0.2) is 18.3 Å². The van der Waals surface area contributed by atoms with E-state index in [0.29, 0.717) is 17.7 Å². The van der Waals surface area contributed by atoms with Crippen molar-refractivity contribution < 1.29 is 4.79 Å². The molecule has 2 aromatic heterocycles. The van der Waals surface area contributed by atoms with E-state index in [1.165, 1.54) is 0 Å². The zero-order valence-electron chi connectivity index (χ0n) is 13.2. The van der Waals surface area contributed by atoms with Crippen LogP contribution in [0.3, 0.4) is 0 Å². The number of rotatable bonds is 2. The smallest absolute Gasteiger partial charge is 0.225 e. The summed E-state index contributed by atoms with van der Waals surface area (Å²) < 4.78 is 1.86. The van der Waals surface area contributed by atoms with E-state index in [1.54, 1.807) is 6.20 Å². The summed E-state index contributed by atoms with van der Waals surface area (Å²) in [7, 11) is 1.94. The largest absolute Gasteiger partial charge is 0.342 e. The van der Waals surface area contributed by atoms with Gasteiger partial charge in [0.25, 0.3) is 0 Å². The number of pyridine rings is 1. The molecule has 0 bridgehead atoms. The van der Waals surface area contributed by atoms with Gasteiger partial charge in [-0.15, -0.1) is 0 Å². The van der Waals surface area contributed by atoms with Crippen molar-refractivity contribution in [2.75, 3.05) is 13.1 Å². The predicted octanol–water partition coefficient (Wildman–Crippen LogP) is 2.33. The van der Waals surface area contributed by atoms with Crippen molar-refractivity contribution in [3.8, 4) is 0 Å². The van der Waals surface area contributed by atoms with Crippen LogP contribution in [-0.2, 0) is 11.8 Å². The van der Waals surface area contributed by atoms with Crippen LogP contribution in [-0.4, -0.2) is 38.7 Å². The summed E-state index contributed by atoms with van der Waals surface area (Å²) in [5.41, 5.74) is 2.03. The minimum atomic E-state index is 0.279. The van der Waals surface area contributed by atoms with Crippen LogP contribution in [0.4, 0.5) is 0 Å². The Morgan fingerprint density at radius 2 is 2.23 bits per heavy atom. The SMILES string of the molecule is C[C@@H]1C[C@@H]1C(=O)N1CCC[C@@H](c2nn(C)c3ncccc23)C1. The molecule has 5 nitrogen and oxygen atoms in total. The first-order valence-electron chi connectivity index (χ1n) is 8.21. The number of piperidine rings is 1. The Hall–Kier alpha value is -1.91. The lowest BCUT2D eigenvalue weighted by Crippen LogP contribution is -2.40. The molecule has 1 aliphatic heterocycles. The highest BCUT2D eigenvalue weighted by atomic mass is 16.2. The maximum Gasteiger partial charge on any atom is 0.225 e. The van der Waals surface area contributed by atoms with Gasteiger partial charge < -0.3 is 4.90 Å². The second kappa shape index (κ2) is 5.07. The molecule has 3 heterocycles. The van der Waals surface area contributed by atoms with Crippen LogP contribution < -0.4 is 0 Å². The second-order valence-corrected chi connectivity index (χ2v) is 6.83. The van der Waals surface area contributed by atoms with E-state index >= 15 is 0 Å². The topological polar surface area (TPSA) is 51.0 Å². The van der Waals surface area contributed by atoms with Gasteiger partial charge in [0.1, 0.15) is 0 Å². The van der Waals surface area contributed by atoms with E-state index < -0.39 is 0 Å². The number of carbonyl (C=O) groups excluding carboxylic acids is 1. The zero-order chi connectivity index (χ0) is 15.3. The highest BCUT2D eigenvalue weighted by molar-refractivity contribution is 5.82. The van der Waals surface area contributed by atoms with E-state index in [0.717, 1.165) is 49.1 Å². The minimum Gasteiger partial charge on any atom is -0.342 e. The number of carbonyl (C=O) groups is 1. The van der Waals surface area contributed by atoms with Crippen LogP contribution in [0.2, 0.25) is 0 Å². The summed E-state index contributed by atoms with van der Waals surface area (Å²) in [6, 6.07) is 4.06. The third-order valence-electron chi connectivity index (χ3n) is 5.17. The number of aryl methyl sites for hydroxylation is 1. The summed E-state index contributed by atoms with van der Waals surface area (Å²) in [4.78, 5) is 19.0. The molecule has 1 amide bonds. The monoisotopic (exact) mass is 298 g/mol. The summed E-state index contributed by atoms with van der Waals surface area (Å²) in [6.07, 6.45) is 5.04. The van der Waals surface area contributed by atoms with Gasteiger partial charge in [0, 0.05) is 43.6 Å². The molecule has 0 unspecified atom stereocenters. The Labute approximate surface area is 130 Å². The lowest BCUT2D eigenvalue weighted by molar-refractivity contribution is -0.134. The molecule has 1 saturated carbocycles. The van der Waals surface area contributed by atoms with E-state index in [9.17, 15) is 4.79 Å². The van der Waals surface area contributed by atoms with Gasteiger partial charge in [-0.1, -0.05) is 6.92 Å². The number of nitrogens with zero attached hydrogens (tertiary/aromatic N) is 4. The molecule has 2 aliphatic rings. The van der Waals surface area contributed by atoms with Crippen molar-refractivity contribution in [2.24, 2.45) is 18.9 Å². The zero-order valence-corrected chi connectivity index (χ0v) is 13.2. The molecule has 3 atom stereocenters. The predicted molar refractivity (Wildman–Crippen MR) is 84.3 cm³/mol. The molecule has 116 valence electrons. The Bertz CT molecular complexity index is 723. The van der Waals surface area contributed by atoms with Crippen molar-refractivity contribution in [2.45, 2.75) is 32.1 Å². The Balaban J connectivity index is 1.60. The third kappa shape index (κ3) is 2.19. The number of amides is 1. The van der Waals surface area contributed by atoms with E-state index in [2.05, 4.69) is 22.9 Å². The highest BCUT2D eigenvalue weighted by Gasteiger charge is 2.42. The van der Waals surface area contributed by atoms with Gasteiger partial charge >= 0.3 is 0 Å². The minimum absolute atomic E-state index is 0.279. The number of fused-ring (bicyclic) bond motifs is 1. The van der Waals surface area contributed by atoms with Crippen molar-refractivity contribution in [1.29, 1.82) is 0 Å². The molecule has 2 fully saturated rings. The number of hydrogen-bond acceptors (Lipinski definition) is 3. The van der Waals surface area contributed by atoms with Crippen LogP contribution >= 0.6 is 0 Å². The van der Waals surface area contributed by atoms with Crippen LogP contribution in [0.5, 0.6) is 0 Å². The molecule has 5 heteroatoms. The number of likely N-dealkylation sites (tertiary alicyclic amines) is 1. The number of hydrogen-bond donors (Lipinski definition) is 0. The van der Waals surface area contributed by atoms with E-state index in [4.69, 9.17) is 5.10 Å². The first-order valence-corrected chi connectivity index (χ1v) is 8.21. The fraction of sp³-hybridized carbons (Fsp3) is 0.588. The Morgan fingerprint density at radius 1 is 1.41 bits per heavy atom. The van der Waals surface area contributed by atoms with E-state index in [-0.39, 0.29) is 5.92 Å². The van der Waals surface area contributed by atoms with Gasteiger partial charge in [-0.25, -0.2) is 4.98 Å². The third-order valence-corrected chi connectivity index (χ3v) is 5.17. The van der Waals surface area contributed by atoms with Crippen LogP contribution in [0.1, 0.15) is 37.8 Å². The molecule has 4 rings (SSSR count). The van der Waals surface area contributed by atoms with Gasteiger partial charge in [-0.3, -0.25) is 9.48 Å². The number of aromatic nitrogens is 3. The summed E-state index contributed by atoms with van der Waals surface area (Å²) in [5, 5.41) is 5.83. The van der Waals surface area contributed by atoms with Crippen molar-refractivity contribution in [1.82, 2.24) is 19.7 Å². The molecular weight excluding hydrogens is 276 g/mol. The highest BCUT2D eigenvalue weighted by Crippen LogP contribution is 2.40. The van der Waals surface area contributed by atoms with Gasteiger partial charge in [0.15, 0.2) is 5.65 Å². The fourth-order valence-electron chi connectivity index (χ4n) is 3.72. The summed E-state index contributed by atoms with van der Waals surface area (Å²) in [6.45, 7) is 3.88. The summed E-state index contributed by atoms with van der Waals surface area (Å²) in [5.74, 6) is 1.55. The normalized spacial score (nSPS) is 28.1. The first kappa shape index (κ1) is 13.7. The molecule has 0 aromatic carbocycles. The molecule has 0 radical (unpaired) electrons. The molecule has 0 N–H and O–H groups in total. The molecular formula is C17H22N4O. The first-order chi connectivity index (χ1) is 10.6. The van der Waals surface area contributed by atoms with Gasteiger partial charge in [-0.05, 0) is 37.3 Å². The second-order valence-electron chi connectivity index (χ2n) is 6.83. The molecule has 1 saturated heterocycles. The van der Waals surface area contributed by atoms with Crippen LogP contribution in [0.25, 0.3) is 11.0 Å². The maximum absolute atomic E-state index is 12.5. The van der Waals surface area contributed by atoms with Crippen LogP contribution in [0, 0.1) is 11.8 Å². The Morgan fingerprint density at radius 3 is 3.00 bits per heavy atom. The maximum atomic E-state index is 12.5. The van der Waals surface area contributed by atoms with Crippen molar-refractivity contribution in [3.63, 3.8) is 0 Å². The average molecular weight is 298 g/mol. The molecule has 2 aromatic rings. The molecule has 22 heavy (non-hydrogen) atoms. The lowest BCUT2D eigenvalue weighted by Gasteiger charge is -2.32. The fourth-order valence-corrected chi connectivity index (χ4v) is 3.72. The van der Waals surface area contributed by atoms with Crippen molar-refractivity contribution in [3.05, 3.63) is 24.0 Å².